The quantitative estimate of drug-likeness (QED) is 0.713. The molecule has 0 aliphatic rings. The number of rotatable bonds is 7. The average molecular weight is 442 g/mol. The molecule has 30 heavy (non-hydrogen) atoms. The van der Waals surface area contributed by atoms with Crippen LogP contribution in [0.2, 0.25) is 0 Å². The lowest BCUT2D eigenvalue weighted by molar-refractivity contribution is -0.137. The van der Waals surface area contributed by atoms with E-state index in [4.69, 9.17) is 0 Å². The minimum absolute atomic E-state index is 0.151. The van der Waals surface area contributed by atoms with Gasteiger partial charge in [0.05, 0.1) is 17.0 Å². The summed E-state index contributed by atoms with van der Waals surface area (Å²) >= 11 is 0. The summed E-state index contributed by atoms with van der Waals surface area (Å²) in [5.41, 5.74) is -0.617. The van der Waals surface area contributed by atoms with Crippen LogP contribution in [0.15, 0.2) is 48.5 Å². The Morgan fingerprint density at radius 2 is 1.63 bits per heavy atom. The Labute approximate surface area is 172 Å². The Balaban J connectivity index is 2.10. The maximum atomic E-state index is 13.1. The Morgan fingerprint density at radius 3 is 2.17 bits per heavy atom. The lowest BCUT2D eigenvalue weighted by Crippen LogP contribution is -2.38. The molecule has 1 N–H and O–H groups in total. The van der Waals surface area contributed by atoms with Gasteiger partial charge < -0.3 is 10.2 Å². The molecular formula is C20H21F3N2O4S. The van der Waals surface area contributed by atoms with Crippen molar-refractivity contribution in [3.05, 3.63) is 65.2 Å². The first kappa shape index (κ1) is 23.4. The fraction of sp³-hybridized carbons (Fsp3) is 0.300. The van der Waals surface area contributed by atoms with Crippen LogP contribution in [0, 0.1) is 0 Å². The van der Waals surface area contributed by atoms with Crippen molar-refractivity contribution in [3.8, 4) is 0 Å². The van der Waals surface area contributed by atoms with Gasteiger partial charge in [-0.05, 0) is 36.8 Å². The molecule has 0 fully saturated rings. The first-order valence-corrected chi connectivity index (χ1v) is 11.0. The largest absolute Gasteiger partial charge is 0.418 e. The van der Waals surface area contributed by atoms with Crippen molar-refractivity contribution in [2.45, 2.75) is 18.9 Å². The topological polar surface area (TPSA) is 83.6 Å². The summed E-state index contributed by atoms with van der Waals surface area (Å²) in [5, 5.41) is 2.20. The van der Waals surface area contributed by atoms with E-state index < -0.39 is 39.9 Å². The summed E-state index contributed by atoms with van der Waals surface area (Å²) in [4.78, 5) is 26.1. The van der Waals surface area contributed by atoms with E-state index >= 15 is 0 Å². The lowest BCUT2D eigenvalue weighted by atomic mass is 10.1. The van der Waals surface area contributed by atoms with Crippen LogP contribution < -0.4 is 5.32 Å². The van der Waals surface area contributed by atoms with Gasteiger partial charge in [-0.1, -0.05) is 24.3 Å². The highest BCUT2D eigenvalue weighted by Gasteiger charge is 2.33. The average Bonchev–Trinajstić information content (AvgIpc) is 2.64. The van der Waals surface area contributed by atoms with Gasteiger partial charge in [0.2, 0.25) is 5.91 Å². The van der Waals surface area contributed by atoms with Crippen LogP contribution in [0.1, 0.15) is 28.4 Å². The van der Waals surface area contributed by atoms with E-state index in [1.807, 2.05) is 0 Å². The summed E-state index contributed by atoms with van der Waals surface area (Å²) in [7, 11) is -3.22. The van der Waals surface area contributed by atoms with Crippen LogP contribution in [0.25, 0.3) is 0 Å². The van der Waals surface area contributed by atoms with Gasteiger partial charge in [0, 0.05) is 18.4 Å². The fourth-order valence-corrected chi connectivity index (χ4v) is 3.56. The normalized spacial score (nSPS) is 11.8. The van der Waals surface area contributed by atoms with Crippen LogP contribution in [0.3, 0.4) is 0 Å². The minimum Gasteiger partial charge on any atom is -0.330 e. The van der Waals surface area contributed by atoms with E-state index in [0.717, 1.165) is 18.4 Å². The number of alkyl halides is 3. The smallest absolute Gasteiger partial charge is 0.330 e. The van der Waals surface area contributed by atoms with Gasteiger partial charge in [0.25, 0.3) is 5.91 Å². The predicted octanol–water partition coefficient (Wildman–Crippen LogP) is 3.35. The van der Waals surface area contributed by atoms with Crippen molar-refractivity contribution in [2.24, 2.45) is 0 Å². The molecule has 6 nitrogen and oxygen atoms in total. The van der Waals surface area contributed by atoms with Gasteiger partial charge in [0.15, 0.2) is 9.84 Å². The summed E-state index contributed by atoms with van der Waals surface area (Å²) in [6, 6.07) is 10.5. The zero-order valence-corrected chi connectivity index (χ0v) is 17.2. The molecule has 2 aromatic rings. The second-order valence-electron chi connectivity index (χ2n) is 6.68. The monoisotopic (exact) mass is 442 g/mol. The van der Waals surface area contributed by atoms with Gasteiger partial charge in [0.1, 0.15) is 6.54 Å². The van der Waals surface area contributed by atoms with E-state index in [1.54, 1.807) is 6.92 Å². The van der Waals surface area contributed by atoms with Crippen LogP contribution in [0.5, 0.6) is 0 Å². The van der Waals surface area contributed by atoms with Crippen molar-refractivity contribution in [1.82, 2.24) is 4.90 Å². The van der Waals surface area contributed by atoms with Gasteiger partial charge >= 0.3 is 6.18 Å². The highest BCUT2D eigenvalue weighted by atomic mass is 32.2. The number of hydrogen-bond donors (Lipinski definition) is 1. The highest BCUT2D eigenvalue weighted by molar-refractivity contribution is 7.89. The van der Waals surface area contributed by atoms with E-state index in [-0.39, 0.29) is 23.5 Å². The molecular weight excluding hydrogens is 421 g/mol. The number of carbonyl (C=O) groups excluding carboxylic acids is 2. The third-order valence-electron chi connectivity index (χ3n) is 4.14. The Kier molecular flexibility index (Phi) is 7.25. The molecule has 2 rings (SSSR count). The molecule has 0 unspecified atom stereocenters. The summed E-state index contributed by atoms with van der Waals surface area (Å²) in [6.07, 6.45) is -3.53. The van der Waals surface area contributed by atoms with Crippen LogP contribution in [-0.2, 0) is 26.6 Å². The highest BCUT2D eigenvalue weighted by Crippen LogP contribution is 2.34. The number of sulfone groups is 1. The Morgan fingerprint density at radius 1 is 1.03 bits per heavy atom. The maximum Gasteiger partial charge on any atom is 0.418 e. The van der Waals surface area contributed by atoms with Crippen molar-refractivity contribution >= 4 is 27.3 Å². The first-order chi connectivity index (χ1) is 13.9. The van der Waals surface area contributed by atoms with Gasteiger partial charge in [-0.25, -0.2) is 8.42 Å². The molecule has 0 aliphatic heterocycles. The van der Waals surface area contributed by atoms with E-state index in [1.165, 1.54) is 41.3 Å². The second-order valence-corrected chi connectivity index (χ2v) is 8.82. The molecule has 0 heterocycles. The zero-order chi connectivity index (χ0) is 22.5. The number of nitrogens with one attached hydrogen (secondary N) is 1. The molecule has 162 valence electrons. The number of likely N-dealkylation sites (N-methyl/N-ethyl adjacent to an activating group) is 1. The zero-order valence-electron chi connectivity index (χ0n) is 16.4. The van der Waals surface area contributed by atoms with E-state index in [9.17, 15) is 31.2 Å². The van der Waals surface area contributed by atoms with Crippen LogP contribution in [0.4, 0.5) is 18.9 Å². The Bertz CT molecular complexity index is 1020. The van der Waals surface area contributed by atoms with Gasteiger partial charge in [-0.15, -0.1) is 0 Å². The predicted molar refractivity (Wildman–Crippen MR) is 107 cm³/mol. The van der Waals surface area contributed by atoms with Crippen molar-refractivity contribution in [2.75, 3.05) is 24.7 Å². The maximum absolute atomic E-state index is 13.1. The molecule has 2 aromatic carbocycles. The molecule has 0 bridgehead atoms. The summed E-state index contributed by atoms with van der Waals surface area (Å²) in [6.45, 7) is 1.34. The molecule has 0 radical (unpaired) electrons. The molecule has 2 amide bonds. The Hall–Kier alpha value is -2.88. The number of nitrogens with zero attached hydrogens (tertiary/aromatic N) is 1. The molecule has 0 spiro atoms. The van der Waals surface area contributed by atoms with Gasteiger partial charge in [-0.2, -0.15) is 13.2 Å². The molecule has 0 saturated heterocycles. The second kappa shape index (κ2) is 9.29. The third kappa shape index (κ3) is 6.58. The standard InChI is InChI=1S/C20H21F3N2O4S/c1-3-25(19(27)15-10-8-14(9-11-15)13-30(2,28)29)12-18(26)24-17-7-5-4-6-16(17)20(21,22)23/h4-11H,3,12-13H2,1-2H3,(H,24,26). The van der Waals surface area contributed by atoms with Crippen molar-refractivity contribution in [1.29, 1.82) is 0 Å². The van der Waals surface area contributed by atoms with Crippen molar-refractivity contribution < 1.29 is 31.2 Å². The lowest BCUT2D eigenvalue weighted by Gasteiger charge is -2.21. The van der Waals surface area contributed by atoms with Gasteiger partial charge in [-0.3, -0.25) is 9.59 Å². The number of anilines is 1. The van der Waals surface area contributed by atoms with E-state index in [0.29, 0.717) is 5.56 Å². The summed E-state index contributed by atoms with van der Waals surface area (Å²) < 4.78 is 61.9. The fourth-order valence-electron chi connectivity index (χ4n) is 2.76. The number of amides is 2. The first-order valence-electron chi connectivity index (χ1n) is 8.92. The number of para-hydroxylation sites is 1. The van der Waals surface area contributed by atoms with E-state index in [2.05, 4.69) is 5.32 Å². The molecule has 0 aliphatic carbocycles. The van der Waals surface area contributed by atoms with Crippen LogP contribution >= 0.6 is 0 Å². The molecule has 0 aromatic heterocycles. The minimum atomic E-state index is -4.63. The number of benzene rings is 2. The number of hydrogen-bond acceptors (Lipinski definition) is 4. The number of carbonyl (C=O) groups is 2. The number of halogens is 3. The van der Waals surface area contributed by atoms with Crippen molar-refractivity contribution in [3.63, 3.8) is 0 Å². The SMILES string of the molecule is CCN(CC(=O)Nc1ccccc1C(F)(F)F)C(=O)c1ccc(CS(C)(=O)=O)cc1. The third-order valence-corrected chi connectivity index (χ3v) is 5.00. The molecule has 0 atom stereocenters. The van der Waals surface area contributed by atoms with Crippen LogP contribution in [-0.4, -0.2) is 44.5 Å². The molecule has 10 heteroatoms. The molecule has 0 saturated carbocycles. The summed E-state index contributed by atoms with van der Waals surface area (Å²) in [5.74, 6) is -1.43.